The second-order valence-corrected chi connectivity index (χ2v) is 10.8. The van der Waals surface area contributed by atoms with Crippen LogP contribution >= 0.6 is 11.6 Å². The van der Waals surface area contributed by atoms with Crippen molar-refractivity contribution in [3.05, 3.63) is 101 Å². The van der Waals surface area contributed by atoms with Gasteiger partial charge in [0.1, 0.15) is 42.8 Å². The summed E-state index contributed by atoms with van der Waals surface area (Å²) in [5.74, 6) is 1.94. The number of nitrogens with zero attached hydrogens (tertiary/aromatic N) is 5. The summed E-state index contributed by atoms with van der Waals surface area (Å²) in [5, 5.41) is 10.2. The van der Waals surface area contributed by atoms with E-state index < -0.39 is 5.97 Å². The van der Waals surface area contributed by atoms with Gasteiger partial charge < -0.3 is 23.6 Å². The van der Waals surface area contributed by atoms with Gasteiger partial charge >= 0.3 is 5.97 Å². The summed E-state index contributed by atoms with van der Waals surface area (Å²) < 4.78 is 19.7. The van der Waals surface area contributed by atoms with Gasteiger partial charge in [-0.3, -0.25) is 9.88 Å². The number of oxazole rings is 1. The Hall–Kier alpha value is -4.41. The van der Waals surface area contributed by atoms with E-state index in [0.717, 1.165) is 65.5 Å². The second kappa shape index (κ2) is 12.2. The predicted molar refractivity (Wildman–Crippen MR) is 156 cm³/mol. The Labute approximate surface area is 247 Å². The number of pyridine rings is 1. The van der Waals surface area contributed by atoms with E-state index >= 15 is 0 Å². The van der Waals surface area contributed by atoms with Crippen LogP contribution in [0.25, 0.3) is 11.0 Å². The number of carboxylic acids is 1. The molecule has 1 N–H and O–H groups in total. The van der Waals surface area contributed by atoms with Crippen LogP contribution in [0.3, 0.4) is 0 Å². The Morgan fingerprint density at radius 2 is 1.93 bits per heavy atom. The number of aryl methyl sites for hydroxylation is 1. The third kappa shape index (κ3) is 6.40. The molecule has 2 aromatic carbocycles. The van der Waals surface area contributed by atoms with Crippen LogP contribution in [0.4, 0.5) is 0 Å². The molecule has 6 rings (SSSR count). The first kappa shape index (κ1) is 27.7. The standard InChI is InChI=1S/C31H30ClN5O5/c1-20-14-22(32)3-5-28(20)41-19-23-16-25(6-9-33-23)42-24-7-11-36(12-8-24)17-29-35-26-4-2-21(31(38)39)15-27(26)37(29)18-30-34-10-13-40-30/h2-6,9-10,13-16,24H,7-8,11-12,17-19H2,1H3,(H,38,39). The Balaban J connectivity index is 1.08. The van der Waals surface area contributed by atoms with Gasteiger partial charge in [-0.25, -0.2) is 14.8 Å². The van der Waals surface area contributed by atoms with Crippen molar-refractivity contribution in [3.63, 3.8) is 0 Å². The van der Waals surface area contributed by atoms with Crippen molar-refractivity contribution < 1.29 is 23.8 Å². The van der Waals surface area contributed by atoms with Gasteiger partial charge in [-0.05, 0) is 67.8 Å². The maximum absolute atomic E-state index is 11.6. The highest BCUT2D eigenvalue weighted by Crippen LogP contribution is 2.25. The topological polar surface area (TPSA) is 116 Å². The fourth-order valence-corrected chi connectivity index (χ4v) is 5.41. The average Bonchev–Trinajstić information content (AvgIpc) is 3.62. The molecule has 4 heterocycles. The lowest BCUT2D eigenvalue weighted by Crippen LogP contribution is -2.38. The number of hydrogen-bond donors (Lipinski definition) is 1. The summed E-state index contributed by atoms with van der Waals surface area (Å²) in [5.41, 5.74) is 3.45. The van der Waals surface area contributed by atoms with E-state index in [1.54, 1.807) is 30.6 Å². The van der Waals surface area contributed by atoms with Crippen molar-refractivity contribution in [2.75, 3.05) is 13.1 Å². The highest BCUT2D eigenvalue weighted by Gasteiger charge is 2.24. The molecule has 0 unspecified atom stereocenters. The largest absolute Gasteiger partial charge is 0.490 e. The van der Waals surface area contributed by atoms with E-state index in [1.807, 2.05) is 41.8 Å². The van der Waals surface area contributed by atoms with Crippen molar-refractivity contribution in [2.24, 2.45) is 0 Å². The van der Waals surface area contributed by atoms with Crippen molar-refractivity contribution in [2.45, 2.75) is 45.6 Å². The molecule has 0 spiro atoms. The minimum Gasteiger partial charge on any atom is -0.490 e. The number of likely N-dealkylation sites (tertiary alicyclic amines) is 1. The van der Waals surface area contributed by atoms with Crippen LogP contribution in [0.1, 0.15) is 46.2 Å². The number of ether oxygens (including phenoxy) is 2. The molecule has 0 atom stereocenters. The number of carboxylic acid groups (broad SMARTS) is 1. The number of hydrogen-bond acceptors (Lipinski definition) is 8. The number of aromatic carboxylic acids is 1. The van der Waals surface area contributed by atoms with E-state index in [0.29, 0.717) is 30.6 Å². The molecule has 42 heavy (non-hydrogen) atoms. The number of fused-ring (bicyclic) bond motifs is 1. The molecular weight excluding hydrogens is 558 g/mol. The van der Waals surface area contributed by atoms with Crippen LogP contribution in [-0.4, -0.2) is 54.7 Å². The number of carbonyl (C=O) groups is 1. The minimum absolute atomic E-state index is 0.0835. The van der Waals surface area contributed by atoms with Gasteiger partial charge in [-0.2, -0.15) is 0 Å². The molecule has 10 nitrogen and oxygen atoms in total. The van der Waals surface area contributed by atoms with Crippen LogP contribution in [0.15, 0.2) is 71.6 Å². The Morgan fingerprint density at radius 1 is 1.07 bits per heavy atom. The fraction of sp³-hybridized carbons (Fsp3) is 0.290. The molecule has 0 bridgehead atoms. The van der Waals surface area contributed by atoms with Crippen LogP contribution in [0.2, 0.25) is 5.02 Å². The maximum atomic E-state index is 11.6. The van der Waals surface area contributed by atoms with Crippen molar-refractivity contribution >= 4 is 28.6 Å². The van der Waals surface area contributed by atoms with E-state index in [9.17, 15) is 9.90 Å². The smallest absolute Gasteiger partial charge is 0.335 e. The molecule has 216 valence electrons. The van der Waals surface area contributed by atoms with Gasteiger partial charge in [0.2, 0.25) is 5.89 Å². The third-order valence-electron chi connectivity index (χ3n) is 7.35. The van der Waals surface area contributed by atoms with E-state index in [2.05, 4.69) is 14.9 Å². The zero-order valence-corrected chi connectivity index (χ0v) is 23.8. The van der Waals surface area contributed by atoms with E-state index in [4.69, 9.17) is 30.5 Å². The quantitative estimate of drug-likeness (QED) is 0.218. The lowest BCUT2D eigenvalue weighted by atomic mass is 10.1. The normalized spacial score (nSPS) is 14.3. The number of benzene rings is 2. The molecule has 3 aromatic heterocycles. The highest BCUT2D eigenvalue weighted by atomic mass is 35.5. The molecule has 1 aliphatic rings. The Kier molecular flexibility index (Phi) is 8.07. The first-order valence-electron chi connectivity index (χ1n) is 13.7. The summed E-state index contributed by atoms with van der Waals surface area (Å²) >= 11 is 6.05. The molecule has 0 aliphatic carbocycles. The number of halogens is 1. The summed E-state index contributed by atoms with van der Waals surface area (Å²) in [6.45, 7) is 4.95. The van der Waals surface area contributed by atoms with Gasteiger partial charge in [0, 0.05) is 30.4 Å². The summed E-state index contributed by atoms with van der Waals surface area (Å²) in [6.07, 6.45) is 6.68. The minimum atomic E-state index is -0.977. The Bertz CT molecular complexity index is 1700. The van der Waals surface area contributed by atoms with Crippen LogP contribution in [-0.2, 0) is 19.7 Å². The van der Waals surface area contributed by atoms with Crippen LogP contribution < -0.4 is 9.47 Å². The molecule has 0 saturated carbocycles. The molecule has 1 aliphatic heterocycles. The van der Waals surface area contributed by atoms with Gasteiger partial charge in [0.05, 0.1) is 35.0 Å². The zero-order valence-electron chi connectivity index (χ0n) is 23.1. The molecule has 1 saturated heterocycles. The molecule has 5 aromatic rings. The molecular formula is C31H30ClN5O5. The van der Waals surface area contributed by atoms with E-state index in [1.165, 1.54) is 6.26 Å². The molecule has 1 fully saturated rings. The first-order valence-corrected chi connectivity index (χ1v) is 14.1. The summed E-state index contributed by atoms with van der Waals surface area (Å²) in [6, 6.07) is 14.3. The van der Waals surface area contributed by atoms with Gasteiger partial charge in [0.15, 0.2) is 0 Å². The van der Waals surface area contributed by atoms with Crippen molar-refractivity contribution in [1.82, 2.24) is 24.4 Å². The second-order valence-electron chi connectivity index (χ2n) is 10.3. The average molecular weight is 588 g/mol. The lowest BCUT2D eigenvalue weighted by molar-refractivity contribution is 0.0697. The zero-order chi connectivity index (χ0) is 29.1. The number of rotatable bonds is 10. The van der Waals surface area contributed by atoms with E-state index in [-0.39, 0.29) is 11.7 Å². The number of imidazole rings is 1. The maximum Gasteiger partial charge on any atom is 0.335 e. The highest BCUT2D eigenvalue weighted by molar-refractivity contribution is 6.30. The lowest BCUT2D eigenvalue weighted by Gasteiger charge is -2.32. The fourth-order valence-electron chi connectivity index (χ4n) is 5.18. The first-order chi connectivity index (χ1) is 20.4. The Morgan fingerprint density at radius 3 is 2.69 bits per heavy atom. The molecule has 0 radical (unpaired) electrons. The summed E-state index contributed by atoms with van der Waals surface area (Å²) in [7, 11) is 0. The van der Waals surface area contributed by atoms with Crippen LogP contribution in [0.5, 0.6) is 11.5 Å². The van der Waals surface area contributed by atoms with Crippen LogP contribution in [0, 0.1) is 6.92 Å². The van der Waals surface area contributed by atoms with Gasteiger partial charge in [0.25, 0.3) is 0 Å². The predicted octanol–water partition coefficient (Wildman–Crippen LogP) is 5.75. The number of aromatic nitrogens is 4. The number of piperidine rings is 1. The van der Waals surface area contributed by atoms with Crippen molar-refractivity contribution in [1.29, 1.82) is 0 Å². The monoisotopic (exact) mass is 587 g/mol. The third-order valence-corrected chi connectivity index (χ3v) is 7.59. The SMILES string of the molecule is Cc1cc(Cl)ccc1OCc1cc(OC2CCN(Cc3nc4ccc(C(=O)O)cc4n3Cc3ncco3)CC2)ccn1. The molecule has 0 amide bonds. The van der Waals surface area contributed by atoms with Gasteiger partial charge in [-0.1, -0.05) is 11.6 Å². The summed E-state index contributed by atoms with van der Waals surface area (Å²) in [4.78, 5) is 27.5. The van der Waals surface area contributed by atoms with Crippen molar-refractivity contribution in [3.8, 4) is 11.5 Å². The van der Waals surface area contributed by atoms with Gasteiger partial charge in [-0.15, -0.1) is 0 Å². The molecule has 11 heteroatoms.